The maximum Gasteiger partial charge on any atom is 0.115 e. The van der Waals surface area contributed by atoms with Gasteiger partial charge >= 0.3 is 0 Å². The van der Waals surface area contributed by atoms with Crippen LogP contribution in [-0.2, 0) is 0 Å². The van der Waals surface area contributed by atoms with Crippen LogP contribution in [0.4, 0.5) is 0 Å². The third-order valence-corrected chi connectivity index (χ3v) is 4.22. The molecule has 0 heterocycles. The summed E-state index contributed by atoms with van der Waals surface area (Å²) in [5, 5.41) is 9.51. The zero-order chi connectivity index (χ0) is 11.5. The van der Waals surface area contributed by atoms with E-state index in [0.29, 0.717) is 11.7 Å². The van der Waals surface area contributed by atoms with E-state index >= 15 is 0 Å². The molecule has 0 aromatic heterocycles. The lowest BCUT2D eigenvalue weighted by atomic mass is 9.81. The van der Waals surface area contributed by atoms with Crippen molar-refractivity contribution in [1.82, 2.24) is 0 Å². The molecule has 1 aliphatic rings. The van der Waals surface area contributed by atoms with Crippen molar-refractivity contribution < 1.29 is 5.11 Å². The van der Waals surface area contributed by atoms with Crippen molar-refractivity contribution in [2.45, 2.75) is 38.1 Å². The van der Waals surface area contributed by atoms with Crippen molar-refractivity contribution in [3.8, 4) is 5.75 Å². The minimum Gasteiger partial charge on any atom is -0.508 e. The lowest BCUT2D eigenvalue weighted by Gasteiger charge is -2.28. The van der Waals surface area contributed by atoms with E-state index in [0.717, 1.165) is 10.0 Å². The van der Waals surface area contributed by atoms with Crippen LogP contribution in [0.3, 0.4) is 0 Å². The van der Waals surface area contributed by atoms with Crippen molar-refractivity contribution in [2.24, 2.45) is 11.7 Å². The number of hydrogen-bond donors (Lipinski definition) is 2. The first kappa shape index (κ1) is 11.9. The topological polar surface area (TPSA) is 46.2 Å². The van der Waals surface area contributed by atoms with Gasteiger partial charge in [0.2, 0.25) is 0 Å². The van der Waals surface area contributed by atoms with Crippen LogP contribution in [0.2, 0.25) is 0 Å². The predicted octanol–water partition coefficient (Wildman–Crippen LogP) is 3.73. The molecule has 1 aromatic carbocycles. The molecular formula is C13H18BrNO. The highest BCUT2D eigenvalue weighted by Crippen LogP contribution is 2.36. The first-order chi connectivity index (χ1) is 7.68. The predicted molar refractivity (Wildman–Crippen MR) is 69.3 cm³/mol. The number of benzene rings is 1. The Kier molecular flexibility index (Phi) is 3.87. The Morgan fingerprint density at radius 2 is 1.94 bits per heavy atom. The van der Waals surface area contributed by atoms with E-state index in [-0.39, 0.29) is 6.04 Å². The van der Waals surface area contributed by atoms with Gasteiger partial charge in [-0.1, -0.05) is 35.2 Å². The normalized spacial score (nSPS) is 19.6. The van der Waals surface area contributed by atoms with Crippen LogP contribution in [0.5, 0.6) is 5.75 Å². The van der Waals surface area contributed by atoms with Crippen LogP contribution < -0.4 is 5.73 Å². The Balaban J connectivity index is 2.18. The van der Waals surface area contributed by atoms with Crippen molar-refractivity contribution in [1.29, 1.82) is 0 Å². The summed E-state index contributed by atoms with van der Waals surface area (Å²) in [5.41, 5.74) is 7.33. The van der Waals surface area contributed by atoms with Gasteiger partial charge in [0.15, 0.2) is 0 Å². The summed E-state index contributed by atoms with van der Waals surface area (Å²) in [5.74, 6) is 0.858. The van der Waals surface area contributed by atoms with E-state index in [1.807, 2.05) is 6.07 Å². The van der Waals surface area contributed by atoms with Crippen LogP contribution in [0.1, 0.15) is 43.7 Å². The van der Waals surface area contributed by atoms with Crippen molar-refractivity contribution in [3.63, 3.8) is 0 Å². The van der Waals surface area contributed by atoms with Gasteiger partial charge in [0.05, 0.1) is 0 Å². The summed E-state index contributed by atoms with van der Waals surface area (Å²) < 4.78 is 1.00. The molecule has 0 spiro atoms. The second kappa shape index (κ2) is 5.19. The molecule has 88 valence electrons. The van der Waals surface area contributed by atoms with E-state index in [4.69, 9.17) is 5.73 Å². The molecule has 1 aromatic rings. The molecule has 3 heteroatoms. The number of halogens is 1. The zero-order valence-corrected chi connectivity index (χ0v) is 10.9. The molecule has 1 fully saturated rings. The third-order valence-electron chi connectivity index (χ3n) is 3.50. The highest BCUT2D eigenvalue weighted by atomic mass is 79.9. The number of phenols is 1. The summed E-state index contributed by atoms with van der Waals surface area (Å²) in [6.07, 6.45) is 6.33. The number of hydrogen-bond acceptors (Lipinski definition) is 2. The van der Waals surface area contributed by atoms with Crippen molar-refractivity contribution in [3.05, 3.63) is 28.2 Å². The van der Waals surface area contributed by atoms with Gasteiger partial charge in [0.1, 0.15) is 5.75 Å². The van der Waals surface area contributed by atoms with Crippen LogP contribution in [0.25, 0.3) is 0 Å². The maximum absolute atomic E-state index is 9.51. The Hall–Kier alpha value is -0.540. The quantitative estimate of drug-likeness (QED) is 0.869. The first-order valence-electron chi connectivity index (χ1n) is 5.92. The summed E-state index contributed by atoms with van der Waals surface area (Å²) in [6.45, 7) is 0. The summed E-state index contributed by atoms with van der Waals surface area (Å²) in [6, 6.07) is 5.37. The molecular weight excluding hydrogens is 266 g/mol. The van der Waals surface area contributed by atoms with E-state index in [2.05, 4.69) is 15.9 Å². The highest BCUT2D eigenvalue weighted by molar-refractivity contribution is 9.10. The molecule has 0 unspecified atom stereocenters. The minimum absolute atomic E-state index is 0.0433. The summed E-state index contributed by atoms with van der Waals surface area (Å²) in [4.78, 5) is 0. The van der Waals surface area contributed by atoms with Crippen molar-refractivity contribution >= 4 is 15.9 Å². The average molecular weight is 284 g/mol. The Labute approximate surface area is 105 Å². The molecule has 2 nitrogen and oxygen atoms in total. The van der Waals surface area contributed by atoms with Gasteiger partial charge in [0.25, 0.3) is 0 Å². The number of rotatable bonds is 2. The van der Waals surface area contributed by atoms with Crippen molar-refractivity contribution in [2.75, 3.05) is 0 Å². The van der Waals surface area contributed by atoms with Gasteiger partial charge < -0.3 is 10.8 Å². The third kappa shape index (κ3) is 2.58. The van der Waals surface area contributed by atoms with Crippen LogP contribution in [0.15, 0.2) is 22.7 Å². The molecule has 3 N–H and O–H groups in total. The van der Waals surface area contributed by atoms with E-state index < -0.39 is 0 Å². The standard InChI is InChI=1S/C13H18BrNO/c14-12-7-6-10(16)8-11(12)13(15)9-4-2-1-3-5-9/h6-9,13,16H,1-5,15H2/t13-/m0/s1. The number of nitrogens with two attached hydrogens (primary N) is 1. The van der Waals surface area contributed by atoms with Gasteiger partial charge in [-0.15, -0.1) is 0 Å². The minimum atomic E-state index is 0.0433. The summed E-state index contributed by atoms with van der Waals surface area (Å²) in [7, 11) is 0. The number of phenolic OH excluding ortho intramolecular Hbond substituents is 1. The first-order valence-corrected chi connectivity index (χ1v) is 6.72. The Morgan fingerprint density at radius 3 is 2.62 bits per heavy atom. The molecule has 0 aliphatic heterocycles. The lowest BCUT2D eigenvalue weighted by molar-refractivity contribution is 0.307. The lowest BCUT2D eigenvalue weighted by Crippen LogP contribution is -2.23. The van der Waals surface area contributed by atoms with Crippen LogP contribution >= 0.6 is 15.9 Å². The zero-order valence-electron chi connectivity index (χ0n) is 9.32. The van der Waals surface area contributed by atoms with E-state index in [9.17, 15) is 5.11 Å². The molecule has 2 rings (SSSR count). The Bertz CT molecular complexity index is 361. The molecule has 1 atom stereocenters. The second-order valence-electron chi connectivity index (χ2n) is 4.63. The van der Waals surface area contributed by atoms with Gasteiger partial charge in [-0.3, -0.25) is 0 Å². The van der Waals surface area contributed by atoms with E-state index in [1.165, 1.54) is 32.1 Å². The van der Waals surface area contributed by atoms with Gasteiger partial charge in [0, 0.05) is 10.5 Å². The molecule has 0 radical (unpaired) electrons. The van der Waals surface area contributed by atoms with Gasteiger partial charge in [-0.05, 0) is 42.5 Å². The van der Waals surface area contributed by atoms with Crippen LogP contribution in [-0.4, -0.2) is 5.11 Å². The fourth-order valence-corrected chi connectivity index (χ4v) is 3.04. The molecule has 1 saturated carbocycles. The van der Waals surface area contributed by atoms with Gasteiger partial charge in [-0.2, -0.15) is 0 Å². The van der Waals surface area contributed by atoms with E-state index in [1.54, 1.807) is 12.1 Å². The second-order valence-corrected chi connectivity index (χ2v) is 5.48. The number of aromatic hydroxyl groups is 1. The van der Waals surface area contributed by atoms with Gasteiger partial charge in [-0.25, -0.2) is 0 Å². The largest absolute Gasteiger partial charge is 0.508 e. The molecule has 0 amide bonds. The molecule has 0 bridgehead atoms. The highest BCUT2D eigenvalue weighted by Gasteiger charge is 2.23. The smallest absolute Gasteiger partial charge is 0.115 e. The van der Waals surface area contributed by atoms with Crippen LogP contribution in [0, 0.1) is 5.92 Å². The maximum atomic E-state index is 9.51. The average Bonchev–Trinajstić information content (AvgIpc) is 2.32. The molecule has 16 heavy (non-hydrogen) atoms. The fraction of sp³-hybridized carbons (Fsp3) is 0.538. The SMILES string of the molecule is N[C@H](c1cc(O)ccc1Br)C1CCCCC1. The fourth-order valence-electron chi connectivity index (χ4n) is 2.53. The Morgan fingerprint density at radius 1 is 1.25 bits per heavy atom. The molecule has 1 aliphatic carbocycles. The summed E-state index contributed by atoms with van der Waals surface area (Å²) >= 11 is 3.51. The molecule has 0 saturated heterocycles. The monoisotopic (exact) mass is 283 g/mol.